The lowest BCUT2D eigenvalue weighted by Gasteiger charge is -2.31. The SMILES string of the molecule is Clc1c2c(cc3c1-c1ccccc1C31c3ccccc3-c3ccccc31)-c1cc(-c3ccncc3)cc3cccc-2c13. The Hall–Kier alpha value is -4.98. The molecule has 1 aromatic heterocycles. The first-order chi connectivity index (χ1) is 20.8. The fraction of sp³-hybridized carbons (Fsp3) is 0.0250. The lowest BCUT2D eigenvalue weighted by Crippen LogP contribution is -2.25. The van der Waals surface area contributed by atoms with Gasteiger partial charge in [0, 0.05) is 23.5 Å². The van der Waals surface area contributed by atoms with Gasteiger partial charge in [0.15, 0.2) is 0 Å². The van der Waals surface area contributed by atoms with E-state index in [1.807, 2.05) is 12.4 Å². The Balaban J connectivity index is 1.36. The molecule has 1 heterocycles. The van der Waals surface area contributed by atoms with Crippen LogP contribution in [0.4, 0.5) is 0 Å². The molecule has 7 aromatic rings. The quantitative estimate of drug-likeness (QED) is 0.198. The Morgan fingerprint density at radius 3 is 1.79 bits per heavy atom. The average Bonchev–Trinajstić information content (AvgIpc) is 3.65. The first-order valence-corrected chi connectivity index (χ1v) is 14.8. The van der Waals surface area contributed by atoms with E-state index in [-0.39, 0.29) is 0 Å². The first-order valence-electron chi connectivity index (χ1n) is 14.4. The lowest BCUT2D eigenvalue weighted by molar-refractivity contribution is 0.794. The van der Waals surface area contributed by atoms with Gasteiger partial charge in [-0.25, -0.2) is 0 Å². The number of hydrogen-bond acceptors (Lipinski definition) is 1. The smallest absolute Gasteiger partial charge is 0.0726 e. The first kappa shape index (κ1) is 22.7. The van der Waals surface area contributed by atoms with Crippen molar-refractivity contribution < 1.29 is 0 Å². The predicted molar refractivity (Wildman–Crippen MR) is 173 cm³/mol. The number of pyridine rings is 1. The molecule has 10 rings (SSSR count). The molecule has 0 saturated heterocycles. The second-order valence-electron chi connectivity index (χ2n) is 11.6. The van der Waals surface area contributed by atoms with E-state index >= 15 is 0 Å². The van der Waals surface area contributed by atoms with Crippen molar-refractivity contribution in [1.29, 1.82) is 0 Å². The summed E-state index contributed by atoms with van der Waals surface area (Å²) in [6.45, 7) is 0. The average molecular weight is 552 g/mol. The third-order valence-corrected chi connectivity index (χ3v) is 10.2. The Bertz CT molecular complexity index is 2270. The fourth-order valence-electron chi connectivity index (χ4n) is 8.23. The molecule has 2 heteroatoms. The zero-order chi connectivity index (χ0) is 27.6. The molecule has 3 aliphatic rings. The molecular formula is C40H22ClN. The van der Waals surface area contributed by atoms with Crippen LogP contribution in [0.5, 0.6) is 0 Å². The Morgan fingerprint density at radius 1 is 0.452 bits per heavy atom. The molecule has 0 N–H and O–H groups in total. The minimum Gasteiger partial charge on any atom is -0.265 e. The number of rotatable bonds is 1. The number of aromatic nitrogens is 1. The minimum absolute atomic E-state index is 0.422. The summed E-state index contributed by atoms with van der Waals surface area (Å²) in [5.41, 5.74) is 17.0. The van der Waals surface area contributed by atoms with E-state index in [9.17, 15) is 0 Å². The molecule has 0 atom stereocenters. The molecule has 3 aliphatic carbocycles. The van der Waals surface area contributed by atoms with E-state index < -0.39 is 5.41 Å². The topological polar surface area (TPSA) is 12.9 Å². The van der Waals surface area contributed by atoms with Crippen molar-refractivity contribution in [2.24, 2.45) is 0 Å². The van der Waals surface area contributed by atoms with Gasteiger partial charge in [0.1, 0.15) is 0 Å². The predicted octanol–water partition coefficient (Wildman–Crippen LogP) is 10.5. The molecule has 0 saturated carbocycles. The maximum absolute atomic E-state index is 7.67. The van der Waals surface area contributed by atoms with Crippen LogP contribution in [-0.4, -0.2) is 4.98 Å². The van der Waals surface area contributed by atoms with Gasteiger partial charge in [-0.15, -0.1) is 0 Å². The number of benzene rings is 6. The van der Waals surface area contributed by atoms with E-state index in [0.29, 0.717) is 0 Å². The molecule has 0 amide bonds. The van der Waals surface area contributed by atoms with Crippen molar-refractivity contribution >= 4 is 22.4 Å². The fourth-order valence-corrected chi connectivity index (χ4v) is 8.64. The van der Waals surface area contributed by atoms with E-state index in [4.69, 9.17) is 11.6 Å². The summed E-state index contributed by atoms with van der Waals surface area (Å²) in [6.07, 6.45) is 3.73. The Labute approximate surface area is 248 Å². The van der Waals surface area contributed by atoms with Crippen molar-refractivity contribution in [3.05, 3.63) is 161 Å². The van der Waals surface area contributed by atoms with Gasteiger partial charge >= 0.3 is 0 Å². The van der Waals surface area contributed by atoms with Gasteiger partial charge < -0.3 is 0 Å². The number of hydrogen-bond donors (Lipinski definition) is 0. The lowest BCUT2D eigenvalue weighted by atomic mass is 9.70. The minimum atomic E-state index is -0.422. The molecular weight excluding hydrogens is 530 g/mol. The number of nitrogens with zero attached hydrogens (tertiary/aromatic N) is 1. The zero-order valence-corrected chi connectivity index (χ0v) is 23.3. The number of halogens is 1. The highest BCUT2D eigenvalue weighted by atomic mass is 35.5. The largest absolute Gasteiger partial charge is 0.265 e. The highest BCUT2D eigenvalue weighted by Crippen LogP contribution is 2.66. The third kappa shape index (κ3) is 2.55. The van der Waals surface area contributed by atoms with Crippen molar-refractivity contribution in [3.8, 4) is 55.6 Å². The van der Waals surface area contributed by atoms with Gasteiger partial charge in [-0.3, -0.25) is 4.98 Å². The second-order valence-corrected chi connectivity index (χ2v) is 12.0. The van der Waals surface area contributed by atoms with Gasteiger partial charge in [0.25, 0.3) is 0 Å². The van der Waals surface area contributed by atoms with Gasteiger partial charge in [0.05, 0.1) is 10.4 Å². The van der Waals surface area contributed by atoms with Gasteiger partial charge in [0.2, 0.25) is 0 Å². The summed E-state index contributed by atoms with van der Waals surface area (Å²) in [6, 6.07) is 44.7. The molecule has 1 nitrogen and oxygen atoms in total. The zero-order valence-electron chi connectivity index (χ0n) is 22.5. The summed E-state index contributed by atoms with van der Waals surface area (Å²) in [4.78, 5) is 4.25. The molecule has 0 bridgehead atoms. The van der Waals surface area contributed by atoms with Crippen molar-refractivity contribution in [2.75, 3.05) is 0 Å². The molecule has 6 aromatic carbocycles. The van der Waals surface area contributed by atoms with Gasteiger partial charge in [-0.1, -0.05) is 103 Å². The monoisotopic (exact) mass is 551 g/mol. The maximum atomic E-state index is 7.67. The van der Waals surface area contributed by atoms with E-state index in [1.54, 1.807) is 0 Å². The van der Waals surface area contributed by atoms with Crippen molar-refractivity contribution in [2.45, 2.75) is 5.41 Å². The van der Waals surface area contributed by atoms with Crippen LogP contribution in [-0.2, 0) is 5.41 Å². The molecule has 0 fully saturated rings. The summed E-state index contributed by atoms with van der Waals surface area (Å²) < 4.78 is 0. The van der Waals surface area contributed by atoms with Crippen LogP contribution in [0.2, 0.25) is 5.02 Å². The van der Waals surface area contributed by atoms with E-state index in [0.717, 1.165) is 21.7 Å². The van der Waals surface area contributed by atoms with Crippen LogP contribution in [0, 0.1) is 0 Å². The standard InChI is InChI=1S/C40H22ClN/c41-39-37-29-12-7-8-24-20-25(23-16-18-42-19-17-23)21-30(36(24)29)31(37)22-35-38(39)28-11-3-6-15-34(28)40(35)32-13-4-1-9-26(32)27-10-2-5-14-33(27)40/h1-22H. The summed E-state index contributed by atoms with van der Waals surface area (Å²) in [5.74, 6) is 0. The molecule has 1 spiro atoms. The molecule has 0 unspecified atom stereocenters. The van der Waals surface area contributed by atoms with Gasteiger partial charge in [-0.05, 0) is 108 Å². The number of fused-ring (bicyclic) bond motifs is 13. The van der Waals surface area contributed by atoms with Crippen molar-refractivity contribution in [1.82, 2.24) is 4.98 Å². The van der Waals surface area contributed by atoms with E-state index in [2.05, 4.69) is 126 Å². The summed E-state index contributed by atoms with van der Waals surface area (Å²) in [7, 11) is 0. The second kappa shape index (κ2) is 7.85. The van der Waals surface area contributed by atoms with E-state index in [1.165, 1.54) is 72.0 Å². The van der Waals surface area contributed by atoms with Crippen LogP contribution < -0.4 is 0 Å². The third-order valence-electron chi connectivity index (χ3n) is 9.77. The summed E-state index contributed by atoms with van der Waals surface area (Å²) >= 11 is 7.67. The highest BCUT2D eigenvalue weighted by Gasteiger charge is 2.52. The van der Waals surface area contributed by atoms with Crippen LogP contribution >= 0.6 is 11.6 Å². The normalized spacial score (nSPS) is 14.0. The Kier molecular flexibility index (Phi) is 4.24. The Morgan fingerprint density at radius 2 is 1.07 bits per heavy atom. The molecule has 194 valence electrons. The van der Waals surface area contributed by atoms with Crippen LogP contribution in [0.15, 0.2) is 134 Å². The van der Waals surface area contributed by atoms with Crippen LogP contribution in [0.3, 0.4) is 0 Å². The summed E-state index contributed by atoms with van der Waals surface area (Å²) in [5, 5.41) is 3.36. The van der Waals surface area contributed by atoms with Crippen LogP contribution in [0.25, 0.3) is 66.4 Å². The van der Waals surface area contributed by atoms with Crippen LogP contribution in [0.1, 0.15) is 22.3 Å². The van der Waals surface area contributed by atoms with Gasteiger partial charge in [-0.2, -0.15) is 0 Å². The van der Waals surface area contributed by atoms with Crippen molar-refractivity contribution in [3.63, 3.8) is 0 Å². The molecule has 42 heavy (non-hydrogen) atoms. The maximum Gasteiger partial charge on any atom is 0.0726 e. The highest BCUT2D eigenvalue weighted by molar-refractivity contribution is 6.39. The molecule has 0 aliphatic heterocycles. The molecule has 0 radical (unpaired) electrons.